The van der Waals surface area contributed by atoms with Crippen LogP contribution < -0.4 is 4.74 Å². The molecule has 7 heteroatoms. The molecule has 4 aromatic carbocycles. The summed E-state index contributed by atoms with van der Waals surface area (Å²) in [6.07, 6.45) is 1.77. The predicted molar refractivity (Wildman–Crippen MR) is 134 cm³/mol. The van der Waals surface area contributed by atoms with Crippen LogP contribution in [0.1, 0.15) is 44.6 Å². The lowest BCUT2D eigenvalue weighted by molar-refractivity contribution is -0.275. The average Bonchev–Trinajstić information content (AvgIpc) is 2.84. The van der Waals surface area contributed by atoms with Crippen LogP contribution in [0.5, 0.6) is 5.75 Å². The van der Waals surface area contributed by atoms with Crippen molar-refractivity contribution in [3.63, 3.8) is 0 Å². The number of fused-ring (bicyclic) bond motifs is 1. The minimum Gasteiger partial charge on any atom is -0.403 e. The van der Waals surface area contributed by atoms with Crippen molar-refractivity contribution in [2.75, 3.05) is 0 Å². The summed E-state index contributed by atoms with van der Waals surface area (Å²) in [7, 11) is 0. The largest absolute Gasteiger partial charge is 0.573 e. The number of aryl methyl sites for hydroxylation is 1. The van der Waals surface area contributed by atoms with E-state index < -0.39 is 29.6 Å². The third kappa shape index (κ3) is 6.45. The fourth-order valence-electron chi connectivity index (χ4n) is 4.45. The first kappa shape index (κ1) is 26.6. The molecular formula is C30H26F6O. The smallest absolute Gasteiger partial charge is 0.403 e. The third-order valence-corrected chi connectivity index (χ3v) is 6.34. The van der Waals surface area contributed by atoms with Crippen LogP contribution in [0.3, 0.4) is 0 Å². The topological polar surface area (TPSA) is 9.23 Å². The van der Waals surface area contributed by atoms with E-state index in [0.717, 1.165) is 48.1 Å². The summed E-state index contributed by atoms with van der Waals surface area (Å²) < 4.78 is 85.2. The molecule has 0 aromatic heterocycles. The molecule has 0 saturated carbocycles. The maximum Gasteiger partial charge on any atom is 0.573 e. The van der Waals surface area contributed by atoms with Gasteiger partial charge in [0.1, 0.15) is 11.6 Å². The van der Waals surface area contributed by atoms with E-state index in [4.69, 9.17) is 0 Å². The lowest BCUT2D eigenvalue weighted by atomic mass is 9.95. The summed E-state index contributed by atoms with van der Waals surface area (Å²) in [6.45, 7) is 2.18. The molecule has 1 nitrogen and oxygen atoms in total. The number of hydrogen-bond donors (Lipinski definition) is 0. The van der Waals surface area contributed by atoms with Crippen LogP contribution in [-0.4, -0.2) is 6.36 Å². The van der Waals surface area contributed by atoms with E-state index in [1.807, 2.05) is 12.1 Å². The second kappa shape index (κ2) is 11.3. The number of benzene rings is 4. The maximum atomic E-state index is 15.4. The normalized spacial score (nSPS) is 11.8. The molecule has 194 valence electrons. The van der Waals surface area contributed by atoms with Crippen LogP contribution in [-0.2, 0) is 6.42 Å². The zero-order valence-corrected chi connectivity index (χ0v) is 20.3. The van der Waals surface area contributed by atoms with Gasteiger partial charge in [0, 0.05) is 16.5 Å². The van der Waals surface area contributed by atoms with Crippen molar-refractivity contribution >= 4 is 10.8 Å². The molecule has 0 saturated heterocycles. The van der Waals surface area contributed by atoms with Crippen LogP contribution in [0.15, 0.2) is 66.7 Å². The molecule has 0 aliphatic heterocycles. The average molecular weight is 517 g/mol. The first-order chi connectivity index (χ1) is 17.7. The minimum atomic E-state index is -5.05. The van der Waals surface area contributed by atoms with E-state index in [2.05, 4.69) is 11.7 Å². The van der Waals surface area contributed by atoms with E-state index in [9.17, 15) is 22.0 Å². The molecule has 37 heavy (non-hydrogen) atoms. The summed E-state index contributed by atoms with van der Waals surface area (Å²) in [6, 6.07) is 15.7. The Labute approximate surface area is 211 Å². The Bertz CT molecular complexity index is 1390. The predicted octanol–water partition coefficient (Wildman–Crippen LogP) is 10.0. The van der Waals surface area contributed by atoms with Gasteiger partial charge < -0.3 is 4.74 Å². The van der Waals surface area contributed by atoms with E-state index in [0.29, 0.717) is 5.39 Å². The molecule has 0 atom stereocenters. The van der Waals surface area contributed by atoms with Gasteiger partial charge in [0.25, 0.3) is 0 Å². The highest BCUT2D eigenvalue weighted by molar-refractivity contribution is 5.89. The van der Waals surface area contributed by atoms with Gasteiger partial charge in [0.05, 0.1) is 0 Å². The van der Waals surface area contributed by atoms with E-state index in [1.54, 1.807) is 18.2 Å². The van der Waals surface area contributed by atoms with Gasteiger partial charge in [-0.2, -0.15) is 0 Å². The monoisotopic (exact) mass is 516 g/mol. The Balaban J connectivity index is 1.56. The van der Waals surface area contributed by atoms with Gasteiger partial charge >= 0.3 is 6.36 Å². The Morgan fingerprint density at radius 3 is 2.05 bits per heavy atom. The Morgan fingerprint density at radius 2 is 1.35 bits per heavy atom. The third-order valence-electron chi connectivity index (χ3n) is 6.34. The van der Waals surface area contributed by atoms with Crippen LogP contribution in [0.4, 0.5) is 26.3 Å². The Kier molecular flexibility index (Phi) is 8.10. The summed E-state index contributed by atoms with van der Waals surface area (Å²) in [5, 5.41) is 1.19. The molecule has 0 aliphatic rings. The summed E-state index contributed by atoms with van der Waals surface area (Å²) in [5.41, 5.74) is 1.64. The van der Waals surface area contributed by atoms with Crippen LogP contribution in [0.2, 0.25) is 0 Å². The summed E-state index contributed by atoms with van der Waals surface area (Å²) in [5.74, 6) is -3.52. The van der Waals surface area contributed by atoms with Crippen molar-refractivity contribution in [2.24, 2.45) is 0 Å². The van der Waals surface area contributed by atoms with Crippen molar-refractivity contribution in [3.05, 3.63) is 89.7 Å². The number of rotatable bonds is 9. The molecule has 0 bridgehead atoms. The second-order valence-electron chi connectivity index (χ2n) is 9.03. The van der Waals surface area contributed by atoms with Gasteiger partial charge in [-0.15, -0.1) is 13.2 Å². The van der Waals surface area contributed by atoms with Crippen molar-refractivity contribution in [1.29, 1.82) is 0 Å². The highest BCUT2D eigenvalue weighted by Crippen LogP contribution is 2.34. The quantitative estimate of drug-likeness (QED) is 0.159. The fraction of sp³-hybridized carbons (Fsp3) is 0.267. The van der Waals surface area contributed by atoms with Gasteiger partial charge in [-0.3, -0.25) is 0 Å². The highest BCUT2D eigenvalue weighted by Gasteiger charge is 2.32. The number of hydrogen-bond acceptors (Lipinski definition) is 1. The SMILES string of the molecule is CCCCCCCc1ccc2c(F)c(-c3ccc(-c4ccc(OC(F)(F)F)c(F)c4)c(F)c3)ccc2c1. The van der Waals surface area contributed by atoms with Crippen LogP contribution in [0.25, 0.3) is 33.0 Å². The lowest BCUT2D eigenvalue weighted by Crippen LogP contribution is -2.17. The van der Waals surface area contributed by atoms with Gasteiger partial charge in [-0.05, 0) is 53.1 Å². The van der Waals surface area contributed by atoms with Gasteiger partial charge in [0.15, 0.2) is 11.6 Å². The van der Waals surface area contributed by atoms with E-state index >= 15 is 4.39 Å². The minimum absolute atomic E-state index is 0.0253. The molecule has 0 N–H and O–H groups in total. The van der Waals surface area contributed by atoms with Crippen LogP contribution in [0, 0.1) is 17.5 Å². The first-order valence-corrected chi connectivity index (χ1v) is 12.2. The van der Waals surface area contributed by atoms with Crippen LogP contribution >= 0.6 is 0 Å². The van der Waals surface area contributed by atoms with E-state index in [1.165, 1.54) is 37.8 Å². The number of ether oxygens (including phenoxy) is 1. The maximum absolute atomic E-state index is 15.4. The highest BCUT2D eigenvalue weighted by atomic mass is 19.4. The molecule has 0 heterocycles. The summed E-state index contributed by atoms with van der Waals surface area (Å²) in [4.78, 5) is 0. The zero-order valence-electron chi connectivity index (χ0n) is 20.3. The molecular weight excluding hydrogens is 490 g/mol. The molecule has 0 unspecified atom stereocenters. The lowest BCUT2D eigenvalue weighted by Gasteiger charge is -2.12. The summed E-state index contributed by atoms with van der Waals surface area (Å²) >= 11 is 0. The van der Waals surface area contributed by atoms with E-state index in [-0.39, 0.29) is 22.3 Å². The van der Waals surface area contributed by atoms with Crippen molar-refractivity contribution < 1.29 is 31.1 Å². The fourth-order valence-corrected chi connectivity index (χ4v) is 4.45. The van der Waals surface area contributed by atoms with Gasteiger partial charge in [-0.25, -0.2) is 13.2 Å². The van der Waals surface area contributed by atoms with Gasteiger partial charge in [-0.1, -0.05) is 81.1 Å². The second-order valence-corrected chi connectivity index (χ2v) is 9.03. The molecule has 0 aliphatic carbocycles. The Morgan fingerprint density at radius 1 is 0.676 bits per heavy atom. The van der Waals surface area contributed by atoms with Crippen molar-refractivity contribution in [2.45, 2.75) is 51.8 Å². The number of unbranched alkanes of at least 4 members (excludes halogenated alkanes) is 4. The standard InChI is InChI=1S/C30H26F6O/c1-2-3-4-5-6-7-19-8-12-24-20(16-19)10-14-25(29(24)33)22-9-13-23(26(31)17-22)21-11-15-28(27(32)18-21)37-30(34,35)36/h8-18H,2-7H2,1H3. The molecule has 0 fully saturated rings. The molecule has 0 radical (unpaired) electrons. The molecule has 4 rings (SSSR count). The molecule has 0 amide bonds. The zero-order chi connectivity index (χ0) is 26.6. The first-order valence-electron chi connectivity index (χ1n) is 12.2. The van der Waals surface area contributed by atoms with Crippen molar-refractivity contribution in [3.8, 4) is 28.0 Å². The van der Waals surface area contributed by atoms with Crippen molar-refractivity contribution in [1.82, 2.24) is 0 Å². The Hall–Kier alpha value is -3.48. The number of halogens is 6. The number of alkyl halides is 3. The molecule has 0 spiro atoms. The molecule has 4 aromatic rings. The van der Waals surface area contributed by atoms with Gasteiger partial charge in [0.2, 0.25) is 0 Å².